The molecule has 0 radical (unpaired) electrons. The van der Waals surface area contributed by atoms with E-state index in [0.29, 0.717) is 5.56 Å². The summed E-state index contributed by atoms with van der Waals surface area (Å²) in [6.45, 7) is 2.04. The van der Waals surface area contributed by atoms with E-state index in [0.717, 1.165) is 11.6 Å². The molecule has 0 saturated heterocycles. The van der Waals surface area contributed by atoms with Gasteiger partial charge in [0.05, 0.1) is 0 Å². The second kappa shape index (κ2) is 5.93. The molecule has 0 fully saturated rings. The van der Waals surface area contributed by atoms with Crippen molar-refractivity contribution in [3.63, 3.8) is 0 Å². The number of benzene rings is 2. The summed E-state index contributed by atoms with van der Waals surface area (Å²) >= 11 is 0. The fourth-order valence-electron chi connectivity index (χ4n) is 2.41. The van der Waals surface area contributed by atoms with E-state index < -0.39 is 11.6 Å². The number of hydrogen-bond donors (Lipinski definition) is 1. The second-order valence-corrected chi connectivity index (χ2v) is 4.67. The summed E-state index contributed by atoms with van der Waals surface area (Å²) in [6, 6.07) is 13.4. The first kappa shape index (κ1) is 13.7. The number of halogens is 2. The molecular formula is C16H17F2N. The smallest absolute Gasteiger partial charge is 0.126 e. The van der Waals surface area contributed by atoms with Crippen LogP contribution in [0.2, 0.25) is 0 Å². The van der Waals surface area contributed by atoms with Crippen LogP contribution in [0.15, 0.2) is 48.5 Å². The van der Waals surface area contributed by atoms with Crippen molar-refractivity contribution in [3.8, 4) is 0 Å². The van der Waals surface area contributed by atoms with Crippen LogP contribution in [-0.4, -0.2) is 7.05 Å². The van der Waals surface area contributed by atoms with Crippen molar-refractivity contribution in [2.45, 2.75) is 18.9 Å². The molecule has 0 saturated carbocycles. The molecule has 0 heterocycles. The normalized spacial score (nSPS) is 14.1. The minimum absolute atomic E-state index is 0.118. The van der Waals surface area contributed by atoms with Gasteiger partial charge in [0, 0.05) is 18.0 Å². The summed E-state index contributed by atoms with van der Waals surface area (Å²) < 4.78 is 26.6. The fraction of sp³-hybridized carbons (Fsp3) is 0.250. The number of rotatable bonds is 4. The molecule has 0 aliphatic rings. The Morgan fingerprint density at radius 1 is 0.895 bits per heavy atom. The van der Waals surface area contributed by atoms with Gasteiger partial charge in [-0.15, -0.1) is 0 Å². The monoisotopic (exact) mass is 261 g/mol. The Balaban J connectivity index is 2.34. The van der Waals surface area contributed by atoms with Gasteiger partial charge in [-0.3, -0.25) is 0 Å². The third-order valence-electron chi connectivity index (χ3n) is 3.38. The van der Waals surface area contributed by atoms with Crippen molar-refractivity contribution < 1.29 is 8.78 Å². The lowest BCUT2D eigenvalue weighted by Crippen LogP contribution is -2.22. The molecule has 2 aromatic rings. The molecule has 3 heteroatoms. The van der Waals surface area contributed by atoms with Gasteiger partial charge >= 0.3 is 0 Å². The first-order valence-corrected chi connectivity index (χ1v) is 6.30. The van der Waals surface area contributed by atoms with Crippen LogP contribution in [0.1, 0.15) is 30.0 Å². The lowest BCUT2D eigenvalue weighted by atomic mass is 9.88. The fourth-order valence-corrected chi connectivity index (χ4v) is 2.41. The maximum absolute atomic E-state index is 13.3. The number of likely N-dealkylation sites (N-methyl/N-ethyl adjacent to an activating group) is 1. The molecule has 0 bridgehead atoms. The van der Waals surface area contributed by atoms with Crippen molar-refractivity contribution in [3.05, 3.63) is 71.3 Å². The highest BCUT2D eigenvalue weighted by Crippen LogP contribution is 2.30. The molecule has 2 rings (SSSR count). The molecule has 19 heavy (non-hydrogen) atoms. The standard InChI is InChI=1S/C16H17F2N/c1-11(12-6-4-3-5-7-12)16(19-2)13-8-14(17)10-15(18)9-13/h3-11,16,19H,1-2H3. The third-order valence-corrected chi connectivity index (χ3v) is 3.38. The first-order chi connectivity index (χ1) is 9.11. The molecule has 2 atom stereocenters. The van der Waals surface area contributed by atoms with E-state index in [1.807, 2.05) is 37.3 Å². The largest absolute Gasteiger partial charge is 0.312 e. The molecule has 0 spiro atoms. The second-order valence-electron chi connectivity index (χ2n) is 4.67. The van der Waals surface area contributed by atoms with E-state index in [2.05, 4.69) is 5.32 Å². The Labute approximate surface area is 112 Å². The third kappa shape index (κ3) is 3.18. The predicted molar refractivity (Wildman–Crippen MR) is 73.0 cm³/mol. The zero-order chi connectivity index (χ0) is 13.8. The highest BCUT2D eigenvalue weighted by atomic mass is 19.1. The molecule has 100 valence electrons. The zero-order valence-corrected chi connectivity index (χ0v) is 11.0. The van der Waals surface area contributed by atoms with Gasteiger partial charge in [0.2, 0.25) is 0 Å². The molecule has 2 aromatic carbocycles. The molecular weight excluding hydrogens is 244 g/mol. The van der Waals surface area contributed by atoms with E-state index in [4.69, 9.17) is 0 Å². The Morgan fingerprint density at radius 3 is 2.00 bits per heavy atom. The van der Waals surface area contributed by atoms with Crippen LogP contribution >= 0.6 is 0 Å². The summed E-state index contributed by atoms with van der Waals surface area (Å²) in [5.41, 5.74) is 1.75. The van der Waals surface area contributed by atoms with E-state index in [1.165, 1.54) is 12.1 Å². The summed E-state index contributed by atoms with van der Waals surface area (Å²) in [4.78, 5) is 0. The Morgan fingerprint density at radius 2 is 1.47 bits per heavy atom. The van der Waals surface area contributed by atoms with Crippen molar-refractivity contribution in [2.75, 3.05) is 7.05 Å². The van der Waals surface area contributed by atoms with Crippen molar-refractivity contribution in [2.24, 2.45) is 0 Å². The van der Waals surface area contributed by atoms with Crippen LogP contribution in [-0.2, 0) is 0 Å². The summed E-state index contributed by atoms with van der Waals surface area (Å²) in [5.74, 6) is -0.974. The predicted octanol–water partition coefficient (Wildman–Crippen LogP) is 4.03. The van der Waals surface area contributed by atoms with Gasteiger partial charge in [-0.25, -0.2) is 8.78 Å². The molecule has 2 unspecified atom stereocenters. The van der Waals surface area contributed by atoms with Gasteiger partial charge in [-0.2, -0.15) is 0 Å². The van der Waals surface area contributed by atoms with Crippen LogP contribution in [0.3, 0.4) is 0 Å². The summed E-state index contributed by atoms with van der Waals surface area (Å²) in [6.07, 6.45) is 0. The van der Waals surface area contributed by atoms with Crippen LogP contribution in [0.5, 0.6) is 0 Å². The minimum atomic E-state index is -0.546. The van der Waals surface area contributed by atoms with E-state index in [-0.39, 0.29) is 12.0 Å². The lowest BCUT2D eigenvalue weighted by molar-refractivity contribution is 0.496. The van der Waals surface area contributed by atoms with Gasteiger partial charge in [-0.05, 0) is 30.3 Å². The van der Waals surface area contributed by atoms with Crippen molar-refractivity contribution in [1.29, 1.82) is 0 Å². The topological polar surface area (TPSA) is 12.0 Å². The van der Waals surface area contributed by atoms with E-state index >= 15 is 0 Å². The van der Waals surface area contributed by atoms with Crippen LogP contribution in [0.25, 0.3) is 0 Å². The Hall–Kier alpha value is -1.74. The van der Waals surface area contributed by atoms with Gasteiger partial charge in [0.15, 0.2) is 0 Å². The van der Waals surface area contributed by atoms with Crippen molar-refractivity contribution in [1.82, 2.24) is 5.32 Å². The van der Waals surface area contributed by atoms with Gasteiger partial charge in [-0.1, -0.05) is 37.3 Å². The Bertz CT molecular complexity index is 519. The maximum Gasteiger partial charge on any atom is 0.126 e. The average Bonchev–Trinajstić information content (AvgIpc) is 2.39. The molecule has 0 aliphatic heterocycles. The highest BCUT2D eigenvalue weighted by Gasteiger charge is 2.20. The van der Waals surface area contributed by atoms with Gasteiger partial charge in [0.1, 0.15) is 11.6 Å². The molecule has 0 aromatic heterocycles. The minimum Gasteiger partial charge on any atom is -0.312 e. The first-order valence-electron chi connectivity index (χ1n) is 6.30. The summed E-state index contributed by atoms with van der Waals surface area (Å²) in [5, 5.41) is 3.14. The van der Waals surface area contributed by atoms with E-state index in [1.54, 1.807) is 7.05 Å². The number of nitrogens with one attached hydrogen (secondary N) is 1. The zero-order valence-electron chi connectivity index (χ0n) is 11.0. The van der Waals surface area contributed by atoms with Gasteiger partial charge < -0.3 is 5.32 Å². The van der Waals surface area contributed by atoms with Crippen molar-refractivity contribution >= 4 is 0 Å². The van der Waals surface area contributed by atoms with Crippen LogP contribution < -0.4 is 5.32 Å². The maximum atomic E-state index is 13.3. The lowest BCUT2D eigenvalue weighted by Gasteiger charge is -2.24. The SMILES string of the molecule is CNC(c1cc(F)cc(F)c1)C(C)c1ccccc1. The van der Waals surface area contributed by atoms with E-state index in [9.17, 15) is 8.78 Å². The molecule has 0 amide bonds. The van der Waals surface area contributed by atoms with Crippen LogP contribution in [0, 0.1) is 11.6 Å². The summed E-state index contributed by atoms with van der Waals surface area (Å²) in [7, 11) is 1.80. The quantitative estimate of drug-likeness (QED) is 0.876. The molecule has 0 aliphatic carbocycles. The number of hydrogen-bond acceptors (Lipinski definition) is 1. The molecule has 1 N–H and O–H groups in total. The average molecular weight is 261 g/mol. The van der Waals surface area contributed by atoms with Crippen LogP contribution in [0.4, 0.5) is 8.78 Å². The van der Waals surface area contributed by atoms with Gasteiger partial charge in [0.25, 0.3) is 0 Å². The highest BCUT2D eigenvalue weighted by molar-refractivity contribution is 5.28. The Kier molecular flexibility index (Phi) is 4.27. The molecule has 1 nitrogen and oxygen atoms in total.